The van der Waals surface area contributed by atoms with Gasteiger partial charge in [-0.2, -0.15) is 0 Å². The van der Waals surface area contributed by atoms with Gasteiger partial charge in [0.2, 0.25) is 0 Å². The van der Waals surface area contributed by atoms with Gasteiger partial charge in [0.05, 0.1) is 23.0 Å². The lowest BCUT2D eigenvalue weighted by Gasteiger charge is -2.12. The van der Waals surface area contributed by atoms with Crippen molar-refractivity contribution >= 4 is 40.6 Å². The van der Waals surface area contributed by atoms with Gasteiger partial charge >= 0.3 is 5.97 Å². The van der Waals surface area contributed by atoms with E-state index in [0.717, 1.165) is 16.7 Å². The van der Waals surface area contributed by atoms with Crippen LogP contribution in [0.3, 0.4) is 0 Å². The highest BCUT2D eigenvalue weighted by Gasteiger charge is 2.36. The summed E-state index contributed by atoms with van der Waals surface area (Å²) in [6.45, 7) is 3.19. The summed E-state index contributed by atoms with van der Waals surface area (Å²) in [7, 11) is 0. The van der Waals surface area contributed by atoms with Crippen molar-refractivity contribution in [1.29, 1.82) is 0 Å². The first-order chi connectivity index (χ1) is 14.8. The van der Waals surface area contributed by atoms with Crippen molar-refractivity contribution in [2.75, 3.05) is 6.61 Å². The maximum Gasteiger partial charge on any atom is 0.308 e. The first kappa shape index (κ1) is 22.0. The molecule has 0 N–H and O–H groups in total. The Kier molecular flexibility index (Phi) is 6.71. The zero-order valence-electron chi connectivity index (χ0n) is 16.7. The number of hydrogen-bond acceptors (Lipinski definition) is 8. The number of rotatable bonds is 7. The van der Waals surface area contributed by atoms with E-state index in [1.165, 1.54) is 37.3 Å². The number of imide groups is 1. The van der Waals surface area contributed by atoms with Crippen LogP contribution >= 0.6 is 11.8 Å². The van der Waals surface area contributed by atoms with Crippen LogP contribution in [0.5, 0.6) is 11.5 Å². The second-order valence-corrected chi connectivity index (χ2v) is 7.38. The third-order valence-electron chi connectivity index (χ3n) is 4.21. The van der Waals surface area contributed by atoms with E-state index >= 15 is 0 Å². The molecule has 1 aliphatic heterocycles. The lowest BCUT2D eigenvalue weighted by molar-refractivity contribution is -0.385. The average Bonchev–Trinajstić information content (AvgIpc) is 2.97. The summed E-state index contributed by atoms with van der Waals surface area (Å²) >= 11 is 0.747. The van der Waals surface area contributed by atoms with Crippen molar-refractivity contribution in [3.63, 3.8) is 0 Å². The van der Waals surface area contributed by atoms with Gasteiger partial charge in [-0.25, -0.2) is 0 Å². The largest absolute Gasteiger partial charge is 0.490 e. The molecule has 160 valence electrons. The minimum atomic E-state index is -0.551. The number of esters is 1. The monoisotopic (exact) mass is 442 g/mol. The molecule has 0 radical (unpaired) electrons. The Hall–Kier alpha value is -3.66. The molecule has 2 aromatic rings. The topological polar surface area (TPSA) is 116 Å². The molecule has 0 unspecified atom stereocenters. The second kappa shape index (κ2) is 9.43. The van der Waals surface area contributed by atoms with Crippen LogP contribution in [0.15, 0.2) is 47.4 Å². The number of ether oxygens (including phenoxy) is 2. The van der Waals surface area contributed by atoms with Gasteiger partial charge in [-0.15, -0.1) is 0 Å². The van der Waals surface area contributed by atoms with Crippen LogP contribution in [0.2, 0.25) is 0 Å². The van der Waals surface area contributed by atoms with E-state index in [4.69, 9.17) is 9.47 Å². The molecule has 9 nitrogen and oxygen atoms in total. The summed E-state index contributed by atoms with van der Waals surface area (Å²) in [4.78, 5) is 48.2. The number of thioether (sulfide) groups is 1. The molecule has 1 saturated heterocycles. The van der Waals surface area contributed by atoms with Gasteiger partial charge in [0.1, 0.15) is 0 Å². The molecule has 0 atom stereocenters. The summed E-state index contributed by atoms with van der Waals surface area (Å²) in [6.07, 6.45) is 1.52. The van der Waals surface area contributed by atoms with Crippen LogP contribution < -0.4 is 9.47 Å². The third kappa shape index (κ3) is 5.10. The van der Waals surface area contributed by atoms with Crippen LogP contribution in [0.4, 0.5) is 10.5 Å². The Bertz CT molecular complexity index is 1100. The second-order valence-electron chi connectivity index (χ2n) is 6.39. The molecule has 31 heavy (non-hydrogen) atoms. The number of nitrogens with zero attached hydrogens (tertiary/aromatic N) is 2. The molecule has 0 saturated carbocycles. The molecule has 10 heteroatoms. The number of nitro benzene ring substituents is 1. The Morgan fingerprint density at radius 3 is 2.61 bits per heavy atom. The molecule has 1 fully saturated rings. The quantitative estimate of drug-likeness (QED) is 0.206. The van der Waals surface area contributed by atoms with E-state index in [1.54, 1.807) is 25.1 Å². The molecule has 1 heterocycles. The van der Waals surface area contributed by atoms with E-state index in [2.05, 4.69) is 0 Å². The highest BCUT2D eigenvalue weighted by atomic mass is 32.2. The summed E-state index contributed by atoms with van der Waals surface area (Å²) in [5, 5.41) is 10.7. The van der Waals surface area contributed by atoms with Gasteiger partial charge in [0.15, 0.2) is 11.5 Å². The Morgan fingerprint density at radius 2 is 1.94 bits per heavy atom. The summed E-state index contributed by atoms with van der Waals surface area (Å²) in [6, 6.07) is 10.7. The smallest absolute Gasteiger partial charge is 0.308 e. The predicted octanol–water partition coefficient (Wildman–Crippen LogP) is 4.16. The molecule has 0 bridgehead atoms. The minimum Gasteiger partial charge on any atom is -0.490 e. The lowest BCUT2D eigenvalue weighted by atomic mass is 10.1. The van der Waals surface area contributed by atoms with Gasteiger partial charge in [-0.1, -0.05) is 24.3 Å². The van der Waals surface area contributed by atoms with Gasteiger partial charge in [-0.05, 0) is 42.5 Å². The number of carbonyl (C=O) groups excluding carboxylic acids is 3. The standard InChI is InChI=1S/C21H18N2O7S/c1-3-29-18-10-14(8-9-17(18)30-13(2)24)11-19-20(25)22(21(26)31-19)12-15-6-4-5-7-16(15)23(27)28/h4-11H,3,12H2,1-2H3/b19-11-. The number of benzene rings is 2. The first-order valence-electron chi connectivity index (χ1n) is 9.23. The SMILES string of the molecule is CCOc1cc(/C=C2\SC(=O)N(Cc3ccccc3[N+](=O)[O-])C2=O)ccc1OC(C)=O. The molecular weight excluding hydrogens is 424 g/mol. The minimum absolute atomic E-state index is 0.159. The molecule has 1 aliphatic rings. The van der Waals surface area contributed by atoms with Crippen molar-refractivity contribution in [1.82, 2.24) is 4.90 Å². The Balaban J connectivity index is 1.86. The van der Waals surface area contributed by atoms with Gasteiger partial charge in [0, 0.05) is 18.6 Å². The maximum atomic E-state index is 12.8. The number of para-hydroxylation sites is 1. The van der Waals surface area contributed by atoms with Crippen molar-refractivity contribution in [2.24, 2.45) is 0 Å². The highest BCUT2D eigenvalue weighted by molar-refractivity contribution is 8.18. The van der Waals surface area contributed by atoms with E-state index in [1.807, 2.05) is 0 Å². The zero-order valence-corrected chi connectivity index (χ0v) is 17.5. The number of carbonyl (C=O) groups is 3. The Labute approximate surface area is 181 Å². The first-order valence-corrected chi connectivity index (χ1v) is 10.0. The van der Waals surface area contributed by atoms with Crippen LogP contribution in [-0.4, -0.2) is 33.5 Å². The van der Waals surface area contributed by atoms with E-state index in [0.29, 0.717) is 17.9 Å². The zero-order chi connectivity index (χ0) is 22.5. The average molecular weight is 442 g/mol. The van der Waals surface area contributed by atoms with E-state index < -0.39 is 22.0 Å². The molecular formula is C21H18N2O7S. The van der Waals surface area contributed by atoms with Crippen LogP contribution in [0.1, 0.15) is 25.0 Å². The van der Waals surface area contributed by atoms with E-state index in [-0.39, 0.29) is 28.5 Å². The summed E-state index contributed by atoms with van der Waals surface area (Å²) < 4.78 is 10.6. The molecule has 3 rings (SSSR count). The normalized spacial score (nSPS) is 14.8. The highest BCUT2D eigenvalue weighted by Crippen LogP contribution is 2.36. The third-order valence-corrected chi connectivity index (χ3v) is 5.12. The fourth-order valence-corrected chi connectivity index (χ4v) is 3.74. The van der Waals surface area contributed by atoms with Crippen molar-refractivity contribution in [3.05, 3.63) is 68.6 Å². The summed E-state index contributed by atoms with van der Waals surface area (Å²) in [5.74, 6) is -0.471. The van der Waals surface area contributed by atoms with Crippen LogP contribution in [-0.2, 0) is 16.1 Å². The van der Waals surface area contributed by atoms with Gasteiger partial charge < -0.3 is 9.47 Å². The molecule has 2 amide bonds. The van der Waals surface area contributed by atoms with Crippen molar-refractivity contribution in [2.45, 2.75) is 20.4 Å². The van der Waals surface area contributed by atoms with Gasteiger partial charge in [-0.3, -0.25) is 29.4 Å². The number of amides is 2. The molecule has 0 aromatic heterocycles. The van der Waals surface area contributed by atoms with Crippen LogP contribution in [0, 0.1) is 10.1 Å². The predicted molar refractivity (Wildman–Crippen MR) is 114 cm³/mol. The fraction of sp³-hybridized carbons (Fsp3) is 0.190. The number of nitro groups is 1. The lowest BCUT2D eigenvalue weighted by Crippen LogP contribution is -2.27. The molecule has 0 spiro atoms. The molecule has 2 aromatic carbocycles. The van der Waals surface area contributed by atoms with E-state index in [9.17, 15) is 24.5 Å². The molecule has 0 aliphatic carbocycles. The summed E-state index contributed by atoms with van der Waals surface area (Å²) in [5.41, 5.74) is 0.670. The van der Waals surface area contributed by atoms with Crippen molar-refractivity contribution in [3.8, 4) is 11.5 Å². The Morgan fingerprint density at radius 1 is 1.19 bits per heavy atom. The van der Waals surface area contributed by atoms with Crippen molar-refractivity contribution < 1.29 is 28.8 Å². The maximum absolute atomic E-state index is 12.8. The van der Waals surface area contributed by atoms with Gasteiger partial charge in [0.25, 0.3) is 16.8 Å². The van der Waals surface area contributed by atoms with Crippen LogP contribution in [0.25, 0.3) is 6.08 Å². The number of hydrogen-bond donors (Lipinski definition) is 0. The fourth-order valence-electron chi connectivity index (χ4n) is 2.90.